The number of amides is 1. The molecule has 1 aromatic carbocycles. The van der Waals surface area contributed by atoms with Crippen molar-refractivity contribution in [2.75, 3.05) is 31.9 Å². The first-order valence-electron chi connectivity index (χ1n) is 9.15. The van der Waals surface area contributed by atoms with E-state index in [1.807, 2.05) is 12.1 Å². The molecule has 0 spiro atoms. The maximum absolute atomic E-state index is 12.9. The van der Waals surface area contributed by atoms with Gasteiger partial charge < -0.3 is 4.90 Å². The molecule has 1 aliphatic heterocycles. The summed E-state index contributed by atoms with van der Waals surface area (Å²) in [6, 6.07) is 8.78. The number of hydrogen-bond acceptors (Lipinski definition) is 6. The normalized spacial score (nSPS) is 15.8. The number of nitrogens with zero attached hydrogens (tertiary/aromatic N) is 4. The van der Waals surface area contributed by atoms with E-state index in [0.29, 0.717) is 42.1 Å². The first-order valence-corrected chi connectivity index (χ1v) is 11.6. The Bertz CT molecular complexity index is 895. The molecule has 1 aromatic heterocycles. The number of thioether (sulfide) groups is 1. The van der Waals surface area contributed by atoms with E-state index in [0.717, 1.165) is 5.56 Å². The fraction of sp³-hybridized carbons (Fsp3) is 0.421. The zero-order chi connectivity index (χ0) is 20.1. The van der Waals surface area contributed by atoms with Gasteiger partial charge >= 0.3 is 0 Å². The van der Waals surface area contributed by atoms with E-state index in [1.54, 1.807) is 35.5 Å². The summed E-state index contributed by atoms with van der Waals surface area (Å²) in [6.07, 6.45) is 3.27. The molecular formula is C19H24N4O3S2. The Balaban J connectivity index is 1.55. The predicted octanol–water partition coefficient (Wildman–Crippen LogP) is 2.23. The molecule has 1 amide bonds. The summed E-state index contributed by atoms with van der Waals surface area (Å²) in [5.74, 6) is 0.564. The molecule has 1 saturated heterocycles. The largest absolute Gasteiger partial charge is 0.339 e. The van der Waals surface area contributed by atoms with Crippen LogP contribution in [0.3, 0.4) is 0 Å². The number of sulfonamides is 1. The van der Waals surface area contributed by atoms with Crippen LogP contribution in [0.2, 0.25) is 0 Å². The van der Waals surface area contributed by atoms with E-state index >= 15 is 0 Å². The van der Waals surface area contributed by atoms with Gasteiger partial charge in [-0.15, -0.1) is 0 Å². The average Bonchev–Trinajstić information content (AvgIpc) is 2.73. The molecule has 9 heteroatoms. The van der Waals surface area contributed by atoms with E-state index in [9.17, 15) is 13.2 Å². The average molecular weight is 421 g/mol. The monoisotopic (exact) mass is 420 g/mol. The molecule has 7 nitrogen and oxygen atoms in total. The third kappa shape index (κ3) is 4.89. The van der Waals surface area contributed by atoms with Crippen LogP contribution in [0.25, 0.3) is 0 Å². The van der Waals surface area contributed by atoms with Crippen molar-refractivity contribution >= 4 is 27.7 Å². The number of benzene rings is 1. The van der Waals surface area contributed by atoms with Gasteiger partial charge in [0.15, 0.2) is 5.16 Å². The molecule has 0 atom stereocenters. The molecule has 0 unspecified atom stereocenters. The molecule has 0 saturated carbocycles. The fourth-order valence-electron chi connectivity index (χ4n) is 2.93. The zero-order valence-corrected chi connectivity index (χ0v) is 17.6. The minimum atomic E-state index is -3.54. The van der Waals surface area contributed by atoms with Crippen LogP contribution >= 0.6 is 11.8 Å². The highest BCUT2D eigenvalue weighted by Crippen LogP contribution is 2.21. The van der Waals surface area contributed by atoms with Gasteiger partial charge in [-0.1, -0.05) is 37.7 Å². The van der Waals surface area contributed by atoms with Gasteiger partial charge in [-0.25, -0.2) is 18.4 Å². The molecule has 2 aromatic rings. The second-order valence-corrected chi connectivity index (χ2v) is 9.71. The lowest BCUT2D eigenvalue weighted by Crippen LogP contribution is -2.50. The van der Waals surface area contributed by atoms with Gasteiger partial charge in [-0.05, 0) is 29.7 Å². The summed E-state index contributed by atoms with van der Waals surface area (Å²) < 4.78 is 27.2. The van der Waals surface area contributed by atoms with Crippen LogP contribution in [0.15, 0.2) is 52.8 Å². The number of piperazine rings is 1. The number of carbonyl (C=O) groups is 1. The molecule has 0 aliphatic carbocycles. The molecular weight excluding hydrogens is 396 g/mol. The molecule has 0 bridgehead atoms. The summed E-state index contributed by atoms with van der Waals surface area (Å²) in [6.45, 7) is 5.51. The standard InChI is InChI=1S/C19H24N4O3S2/c1-15(2)16-4-6-17(7-5-16)28(25,26)23-12-10-22(11-13-23)18(24)14-27-19-20-8-3-9-21-19/h3-9,15H,10-14H2,1-2H3. The molecule has 1 fully saturated rings. The molecule has 3 rings (SSSR count). The number of hydrogen-bond donors (Lipinski definition) is 0. The van der Waals surface area contributed by atoms with Gasteiger partial charge in [0.25, 0.3) is 0 Å². The van der Waals surface area contributed by atoms with Crippen molar-refractivity contribution in [3.05, 3.63) is 48.3 Å². The Labute approximate surface area is 170 Å². The quantitative estimate of drug-likeness (QED) is 0.526. The smallest absolute Gasteiger partial charge is 0.243 e. The van der Waals surface area contributed by atoms with Crippen LogP contribution in [-0.4, -0.2) is 65.4 Å². The maximum atomic E-state index is 12.9. The number of carbonyl (C=O) groups excluding carboxylic acids is 1. The summed E-state index contributed by atoms with van der Waals surface area (Å²) in [7, 11) is -3.54. The van der Waals surface area contributed by atoms with Crippen molar-refractivity contribution in [2.24, 2.45) is 0 Å². The van der Waals surface area contributed by atoms with Gasteiger partial charge in [0.1, 0.15) is 0 Å². The summed E-state index contributed by atoms with van der Waals surface area (Å²) >= 11 is 1.28. The molecule has 1 aliphatic rings. The van der Waals surface area contributed by atoms with E-state index < -0.39 is 10.0 Å². The summed E-state index contributed by atoms with van der Waals surface area (Å²) in [5.41, 5.74) is 1.11. The van der Waals surface area contributed by atoms with Crippen molar-refractivity contribution < 1.29 is 13.2 Å². The molecule has 28 heavy (non-hydrogen) atoms. The van der Waals surface area contributed by atoms with Crippen LogP contribution in [0.5, 0.6) is 0 Å². The van der Waals surface area contributed by atoms with Crippen molar-refractivity contribution in [1.82, 2.24) is 19.2 Å². The van der Waals surface area contributed by atoms with E-state index in [1.165, 1.54) is 16.1 Å². The lowest BCUT2D eigenvalue weighted by Gasteiger charge is -2.34. The summed E-state index contributed by atoms with van der Waals surface area (Å²) in [4.78, 5) is 22.5. The molecule has 0 radical (unpaired) electrons. The van der Waals surface area contributed by atoms with Gasteiger partial charge in [-0.3, -0.25) is 4.79 Å². The molecule has 2 heterocycles. The Hall–Kier alpha value is -1.97. The Morgan fingerprint density at radius 3 is 2.25 bits per heavy atom. The minimum Gasteiger partial charge on any atom is -0.339 e. The third-order valence-corrected chi connectivity index (χ3v) is 7.42. The van der Waals surface area contributed by atoms with Crippen molar-refractivity contribution in [3.63, 3.8) is 0 Å². The Morgan fingerprint density at radius 1 is 1.07 bits per heavy atom. The van der Waals surface area contributed by atoms with E-state index in [4.69, 9.17) is 0 Å². The molecule has 0 N–H and O–H groups in total. The topological polar surface area (TPSA) is 83.5 Å². The van der Waals surface area contributed by atoms with Crippen molar-refractivity contribution in [3.8, 4) is 0 Å². The predicted molar refractivity (Wildman–Crippen MR) is 109 cm³/mol. The summed E-state index contributed by atoms with van der Waals surface area (Å²) in [5, 5.41) is 0.557. The minimum absolute atomic E-state index is 0.0317. The fourth-order valence-corrected chi connectivity index (χ4v) is 5.06. The van der Waals surface area contributed by atoms with E-state index in [2.05, 4.69) is 23.8 Å². The Morgan fingerprint density at radius 2 is 1.68 bits per heavy atom. The first kappa shape index (κ1) is 20.8. The lowest BCUT2D eigenvalue weighted by atomic mass is 10.0. The van der Waals surface area contributed by atoms with Gasteiger partial charge in [-0.2, -0.15) is 4.31 Å². The van der Waals surface area contributed by atoms with Crippen LogP contribution in [0.4, 0.5) is 0 Å². The Kier molecular flexibility index (Phi) is 6.69. The first-order chi connectivity index (χ1) is 13.4. The van der Waals surface area contributed by atoms with Crippen molar-refractivity contribution in [2.45, 2.75) is 29.8 Å². The van der Waals surface area contributed by atoms with Crippen LogP contribution in [-0.2, 0) is 14.8 Å². The zero-order valence-electron chi connectivity index (χ0n) is 16.0. The molecule has 150 valence electrons. The van der Waals surface area contributed by atoms with Crippen LogP contribution in [0, 0.1) is 0 Å². The van der Waals surface area contributed by atoms with Crippen LogP contribution in [0.1, 0.15) is 25.3 Å². The maximum Gasteiger partial charge on any atom is 0.243 e. The van der Waals surface area contributed by atoms with Crippen LogP contribution < -0.4 is 0 Å². The van der Waals surface area contributed by atoms with Gasteiger partial charge in [0.2, 0.25) is 15.9 Å². The van der Waals surface area contributed by atoms with Gasteiger partial charge in [0.05, 0.1) is 10.6 Å². The highest BCUT2D eigenvalue weighted by Gasteiger charge is 2.30. The lowest BCUT2D eigenvalue weighted by molar-refractivity contribution is -0.129. The third-order valence-electron chi connectivity index (χ3n) is 4.64. The van der Waals surface area contributed by atoms with Gasteiger partial charge in [0, 0.05) is 38.6 Å². The highest BCUT2D eigenvalue weighted by atomic mass is 32.2. The SMILES string of the molecule is CC(C)c1ccc(S(=O)(=O)N2CCN(C(=O)CSc3ncccn3)CC2)cc1. The second-order valence-electron chi connectivity index (χ2n) is 6.83. The number of aromatic nitrogens is 2. The number of rotatable bonds is 6. The highest BCUT2D eigenvalue weighted by molar-refractivity contribution is 7.99. The van der Waals surface area contributed by atoms with Crippen molar-refractivity contribution in [1.29, 1.82) is 0 Å². The van der Waals surface area contributed by atoms with E-state index in [-0.39, 0.29) is 11.7 Å². The second kappa shape index (κ2) is 9.02.